The SMILES string of the molecule is CC(=O)N1CC(C(C)(C)C)N(C)c2ccccc21. The van der Waals surface area contributed by atoms with Crippen LogP contribution in [0.5, 0.6) is 0 Å². The van der Waals surface area contributed by atoms with Crippen molar-refractivity contribution in [2.75, 3.05) is 23.4 Å². The van der Waals surface area contributed by atoms with Gasteiger partial charge in [-0.2, -0.15) is 0 Å². The van der Waals surface area contributed by atoms with E-state index in [4.69, 9.17) is 0 Å². The smallest absolute Gasteiger partial charge is 0.223 e. The Morgan fingerprint density at radius 3 is 2.28 bits per heavy atom. The molecular weight excluding hydrogens is 224 g/mol. The van der Waals surface area contributed by atoms with Gasteiger partial charge in [0.25, 0.3) is 0 Å². The van der Waals surface area contributed by atoms with Crippen molar-refractivity contribution in [1.82, 2.24) is 0 Å². The first-order valence-corrected chi connectivity index (χ1v) is 6.42. The first-order chi connectivity index (χ1) is 8.32. The Labute approximate surface area is 109 Å². The number of para-hydroxylation sites is 2. The number of likely N-dealkylation sites (N-methyl/N-ethyl adjacent to an activating group) is 1. The maximum Gasteiger partial charge on any atom is 0.223 e. The largest absolute Gasteiger partial charge is 0.368 e. The van der Waals surface area contributed by atoms with Crippen LogP contribution in [0.4, 0.5) is 11.4 Å². The van der Waals surface area contributed by atoms with Crippen LogP contribution in [0, 0.1) is 5.41 Å². The predicted molar refractivity (Wildman–Crippen MR) is 76.1 cm³/mol. The molecule has 0 bridgehead atoms. The molecule has 1 aliphatic rings. The van der Waals surface area contributed by atoms with E-state index in [0.717, 1.165) is 17.9 Å². The van der Waals surface area contributed by atoms with E-state index in [1.165, 1.54) is 0 Å². The quantitative estimate of drug-likeness (QED) is 0.702. The summed E-state index contributed by atoms with van der Waals surface area (Å²) in [5.74, 6) is 0.116. The average molecular weight is 246 g/mol. The lowest BCUT2D eigenvalue weighted by atomic mass is 9.83. The summed E-state index contributed by atoms with van der Waals surface area (Å²) in [6, 6.07) is 8.45. The molecule has 1 heterocycles. The molecule has 0 N–H and O–H groups in total. The molecule has 1 aromatic carbocycles. The van der Waals surface area contributed by atoms with E-state index in [1.807, 2.05) is 23.1 Å². The van der Waals surface area contributed by atoms with Crippen molar-refractivity contribution < 1.29 is 4.79 Å². The van der Waals surface area contributed by atoms with Crippen LogP contribution < -0.4 is 9.80 Å². The van der Waals surface area contributed by atoms with E-state index in [2.05, 4.69) is 38.8 Å². The highest BCUT2D eigenvalue weighted by Crippen LogP contribution is 2.39. The standard InChI is InChI=1S/C15H22N2O/c1-11(18)17-10-14(15(2,3)4)16(5)12-8-6-7-9-13(12)17/h6-9,14H,10H2,1-5H3. The van der Waals surface area contributed by atoms with Crippen molar-refractivity contribution in [1.29, 1.82) is 0 Å². The molecule has 98 valence electrons. The number of hydrogen-bond donors (Lipinski definition) is 0. The predicted octanol–water partition coefficient (Wildman–Crippen LogP) is 2.90. The van der Waals surface area contributed by atoms with Gasteiger partial charge in [0, 0.05) is 20.5 Å². The van der Waals surface area contributed by atoms with Gasteiger partial charge in [-0.3, -0.25) is 4.79 Å². The average Bonchev–Trinajstić information content (AvgIpc) is 2.27. The molecule has 1 aliphatic heterocycles. The Morgan fingerprint density at radius 1 is 1.22 bits per heavy atom. The fourth-order valence-corrected chi connectivity index (χ4v) is 2.71. The first-order valence-electron chi connectivity index (χ1n) is 6.42. The Bertz CT molecular complexity index is 462. The minimum absolute atomic E-state index is 0.116. The van der Waals surface area contributed by atoms with Gasteiger partial charge in [0.1, 0.15) is 0 Å². The van der Waals surface area contributed by atoms with Crippen molar-refractivity contribution >= 4 is 17.3 Å². The number of carbonyl (C=O) groups excluding carboxylic acids is 1. The number of anilines is 2. The zero-order chi connectivity index (χ0) is 13.5. The van der Waals surface area contributed by atoms with Gasteiger partial charge < -0.3 is 9.80 Å². The Morgan fingerprint density at radius 2 is 1.78 bits per heavy atom. The van der Waals surface area contributed by atoms with Crippen LogP contribution in [0.25, 0.3) is 0 Å². The van der Waals surface area contributed by atoms with E-state index in [0.29, 0.717) is 6.04 Å². The summed E-state index contributed by atoms with van der Waals surface area (Å²) in [5.41, 5.74) is 2.29. The molecule has 3 nitrogen and oxygen atoms in total. The third-order valence-electron chi connectivity index (χ3n) is 3.76. The zero-order valence-electron chi connectivity index (χ0n) is 11.9. The summed E-state index contributed by atoms with van der Waals surface area (Å²) >= 11 is 0. The summed E-state index contributed by atoms with van der Waals surface area (Å²) in [7, 11) is 2.12. The highest BCUT2D eigenvalue weighted by molar-refractivity contribution is 5.96. The molecule has 1 amide bonds. The molecule has 0 saturated heterocycles. The number of nitrogens with zero attached hydrogens (tertiary/aromatic N) is 2. The van der Waals surface area contributed by atoms with Crippen molar-refractivity contribution in [2.24, 2.45) is 5.41 Å². The monoisotopic (exact) mass is 246 g/mol. The fourth-order valence-electron chi connectivity index (χ4n) is 2.71. The second kappa shape index (κ2) is 4.30. The van der Waals surface area contributed by atoms with Gasteiger partial charge in [-0.1, -0.05) is 32.9 Å². The highest BCUT2D eigenvalue weighted by atomic mass is 16.2. The molecule has 3 heteroatoms. The zero-order valence-corrected chi connectivity index (χ0v) is 11.9. The molecular formula is C15H22N2O. The van der Waals surface area contributed by atoms with Crippen molar-refractivity contribution in [3.63, 3.8) is 0 Å². The van der Waals surface area contributed by atoms with Crippen molar-refractivity contribution in [2.45, 2.75) is 33.7 Å². The van der Waals surface area contributed by atoms with Crippen LogP contribution in [0.1, 0.15) is 27.7 Å². The van der Waals surface area contributed by atoms with Crippen LogP contribution in [0.3, 0.4) is 0 Å². The molecule has 1 atom stereocenters. The molecule has 1 unspecified atom stereocenters. The van der Waals surface area contributed by atoms with Gasteiger partial charge in [-0.25, -0.2) is 0 Å². The number of hydrogen-bond acceptors (Lipinski definition) is 2. The van der Waals surface area contributed by atoms with Crippen molar-refractivity contribution in [3.05, 3.63) is 24.3 Å². The number of amides is 1. The second-order valence-electron chi connectivity index (χ2n) is 6.11. The normalized spacial score (nSPS) is 19.7. The number of benzene rings is 1. The number of rotatable bonds is 0. The molecule has 1 aromatic rings. The molecule has 2 rings (SSSR count). The molecule has 0 fully saturated rings. The third kappa shape index (κ3) is 2.09. The van der Waals surface area contributed by atoms with Crippen LogP contribution in [-0.2, 0) is 4.79 Å². The minimum Gasteiger partial charge on any atom is -0.368 e. The number of fused-ring (bicyclic) bond motifs is 1. The first kappa shape index (κ1) is 12.9. The van der Waals surface area contributed by atoms with E-state index in [1.54, 1.807) is 6.92 Å². The summed E-state index contributed by atoms with van der Waals surface area (Å²) in [5, 5.41) is 0. The Balaban J connectivity index is 2.50. The van der Waals surface area contributed by atoms with Crippen LogP contribution >= 0.6 is 0 Å². The summed E-state index contributed by atoms with van der Waals surface area (Å²) in [6.45, 7) is 9.06. The topological polar surface area (TPSA) is 23.6 Å². The summed E-state index contributed by atoms with van der Waals surface area (Å²) in [4.78, 5) is 16.0. The molecule has 0 spiro atoms. The number of carbonyl (C=O) groups is 1. The van der Waals surface area contributed by atoms with Crippen LogP contribution in [0.15, 0.2) is 24.3 Å². The summed E-state index contributed by atoms with van der Waals surface area (Å²) < 4.78 is 0. The Hall–Kier alpha value is -1.51. The van der Waals surface area contributed by atoms with Gasteiger partial charge in [0.15, 0.2) is 0 Å². The lowest BCUT2D eigenvalue weighted by molar-refractivity contribution is -0.116. The minimum atomic E-state index is 0.116. The van der Waals surface area contributed by atoms with Gasteiger partial charge >= 0.3 is 0 Å². The molecule has 0 aromatic heterocycles. The Kier molecular flexibility index (Phi) is 3.09. The molecule has 0 radical (unpaired) electrons. The lowest BCUT2D eigenvalue weighted by Crippen LogP contribution is -2.54. The van der Waals surface area contributed by atoms with E-state index >= 15 is 0 Å². The maximum atomic E-state index is 11.8. The van der Waals surface area contributed by atoms with Gasteiger partial charge in [-0.05, 0) is 17.5 Å². The van der Waals surface area contributed by atoms with Crippen molar-refractivity contribution in [3.8, 4) is 0 Å². The maximum absolute atomic E-state index is 11.8. The second-order valence-corrected chi connectivity index (χ2v) is 6.11. The fraction of sp³-hybridized carbons (Fsp3) is 0.533. The summed E-state index contributed by atoms with van der Waals surface area (Å²) in [6.07, 6.45) is 0. The molecule has 18 heavy (non-hydrogen) atoms. The molecule has 0 saturated carbocycles. The van der Waals surface area contributed by atoms with E-state index < -0.39 is 0 Å². The van der Waals surface area contributed by atoms with Crippen LogP contribution in [0.2, 0.25) is 0 Å². The third-order valence-corrected chi connectivity index (χ3v) is 3.76. The van der Waals surface area contributed by atoms with Gasteiger partial charge in [0.2, 0.25) is 5.91 Å². The van der Waals surface area contributed by atoms with E-state index in [-0.39, 0.29) is 11.3 Å². The van der Waals surface area contributed by atoms with E-state index in [9.17, 15) is 4.79 Å². The lowest BCUT2D eigenvalue weighted by Gasteiger charge is -2.47. The highest BCUT2D eigenvalue weighted by Gasteiger charge is 2.36. The van der Waals surface area contributed by atoms with Crippen LogP contribution in [-0.4, -0.2) is 25.5 Å². The molecule has 0 aliphatic carbocycles. The van der Waals surface area contributed by atoms with Gasteiger partial charge in [-0.15, -0.1) is 0 Å². The van der Waals surface area contributed by atoms with Gasteiger partial charge in [0.05, 0.1) is 17.4 Å².